The summed E-state index contributed by atoms with van der Waals surface area (Å²) >= 11 is 0. The molecule has 31 heavy (non-hydrogen) atoms. The number of hydrogen-bond donors (Lipinski definition) is 2. The lowest BCUT2D eigenvalue weighted by Gasteiger charge is -2.15. The van der Waals surface area contributed by atoms with Crippen LogP contribution >= 0.6 is 0 Å². The Morgan fingerprint density at radius 1 is 0.968 bits per heavy atom. The number of anilines is 2. The van der Waals surface area contributed by atoms with Gasteiger partial charge in [-0.3, -0.25) is 9.59 Å². The normalized spacial score (nSPS) is 14.2. The van der Waals surface area contributed by atoms with Gasteiger partial charge in [-0.25, -0.2) is 4.79 Å². The highest BCUT2D eigenvalue weighted by atomic mass is 16.6. The van der Waals surface area contributed by atoms with Crippen LogP contribution in [0.15, 0.2) is 84.3 Å². The van der Waals surface area contributed by atoms with Crippen molar-refractivity contribution in [1.29, 1.82) is 0 Å². The first-order chi connectivity index (χ1) is 15.0. The molecule has 0 radical (unpaired) electrons. The van der Waals surface area contributed by atoms with Gasteiger partial charge in [0.25, 0.3) is 5.91 Å². The fourth-order valence-electron chi connectivity index (χ4n) is 3.21. The van der Waals surface area contributed by atoms with Crippen LogP contribution in [-0.4, -0.2) is 30.4 Å². The number of carbonyl (C=O) groups excluding carboxylic acids is 3. The van der Waals surface area contributed by atoms with E-state index in [0.717, 1.165) is 10.8 Å². The van der Waals surface area contributed by atoms with Crippen LogP contribution in [0, 0.1) is 0 Å². The quantitative estimate of drug-likeness (QED) is 0.471. The summed E-state index contributed by atoms with van der Waals surface area (Å²) < 4.78 is 10.6. The number of amides is 1. The summed E-state index contributed by atoms with van der Waals surface area (Å²) in [4.78, 5) is 37.4. The molecular formula is C24H20N2O5. The van der Waals surface area contributed by atoms with Gasteiger partial charge in [0, 0.05) is 16.8 Å². The van der Waals surface area contributed by atoms with E-state index >= 15 is 0 Å². The minimum atomic E-state index is -1.12. The molecule has 0 aromatic heterocycles. The van der Waals surface area contributed by atoms with E-state index in [1.54, 1.807) is 30.3 Å². The molecule has 1 aliphatic rings. The van der Waals surface area contributed by atoms with Crippen LogP contribution < -0.4 is 10.6 Å². The SMILES string of the molecule is C[C@H](OC(=O)C1=C(Nc2ccccc2)OCC1=O)C(=O)Nc1cccc2ccccc12. The highest BCUT2D eigenvalue weighted by Gasteiger charge is 2.34. The largest absolute Gasteiger partial charge is 0.470 e. The zero-order valence-corrected chi connectivity index (χ0v) is 16.8. The summed E-state index contributed by atoms with van der Waals surface area (Å²) in [7, 11) is 0. The molecule has 0 aliphatic carbocycles. The van der Waals surface area contributed by atoms with Gasteiger partial charge in [-0.05, 0) is 30.5 Å². The Kier molecular flexibility index (Phi) is 5.66. The van der Waals surface area contributed by atoms with Crippen LogP contribution in [0.2, 0.25) is 0 Å². The van der Waals surface area contributed by atoms with E-state index in [0.29, 0.717) is 11.4 Å². The average Bonchev–Trinajstić information content (AvgIpc) is 3.14. The van der Waals surface area contributed by atoms with Crippen LogP contribution in [0.5, 0.6) is 0 Å². The molecule has 0 spiro atoms. The summed E-state index contributed by atoms with van der Waals surface area (Å²) in [6.07, 6.45) is -1.12. The first-order valence-electron chi connectivity index (χ1n) is 9.75. The molecule has 0 saturated carbocycles. The fourth-order valence-corrected chi connectivity index (χ4v) is 3.21. The Labute approximate surface area is 178 Å². The number of benzene rings is 3. The van der Waals surface area contributed by atoms with Gasteiger partial charge < -0.3 is 20.1 Å². The first-order valence-corrected chi connectivity index (χ1v) is 9.75. The third-order valence-corrected chi connectivity index (χ3v) is 4.79. The van der Waals surface area contributed by atoms with Gasteiger partial charge in [0.15, 0.2) is 18.3 Å². The van der Waals surface area contributed by atoms with Gasteiger partial charge in [0.2, 0.25) is 11.7 Å². The van der Waals surface area contributed by atoms with Crippen LogP contribution in [0.1, 0.15) is 6.92 Å². The van der Waals surface area contributed by atoms with Gasteiger partial charge >= 0.3 is 5.97 Å². The second kappa shape index (κ2) is 8.71. The van der Waals surface area contributed by atoms with Gasteiger partial charge in [-0.1, -0.05) is 54.6 Å². The van der Waals surface area contributed by atoms with E-state index in [2.05, 4.69) is 10.6 Å². The Balaban J connectivity index is 1.47. The number of nitrogens with one attached hydrogen (secondary N) is 2. The number of hydrogen-bond acceptors (Lipinski definition) is 6. The number of carbonyl (C=O) groups is 3. The molecule has 7 heteroatoms. The standard InChI is InChI=1S/C24H20N2O5/c1-15(22(28)26-19-13-7-9-16-8-5-6-12-18(16)19)31-24(29)21-20(27)14-30-23(21)25-17-10-3-2-4-11-17/h2-13,15,25H,14H2,1H3,(H,26,28)/t15-/m0/s1. The van der Waals surface area contributed by atoms with E-state index < -0.39 is 23.8 Å². The van der Waals surface area contributed by atoms with Crippen molar-refractivity contribution in [3.63, 3.8) is 0 Å². The van der Waals surface area contributed by atoms with E-state index in [-0.39, 0.29) is 18.1 Å². The van der Waals surface area contributed by atoms with Gasteiger partial charge in [0.1, 0.15) is 0 Å². The summed E-state index contributed by atoms with van der Waals surface area (Å²) in [5.74, 6) is -1.91. The van der Waals surface area contributed by atoms with Crippen molar-refractivity contribution >= 4 is 39.8 Å². The molecule has 1 aliphatic heterocycles. The summed E-state index contributed by atoms with van der Waals surface area (Å²) in [5, 5.41) is 7.52. The second-order valence-electron chi connectivity index (χ2n) is 6.97. The van der Waals surface area contributed by atoms with Crippen molar-refractivity contribution in [2.45, 2.75) is 13.0 Å². The third kappa shape index (κ3) is 4.40. The number of esters is 1. The van der Waals surface area contributed by atoms with Crippen LogP contribution in [0.4, 0.5) is 11.4 Å². The van der Waals surface area contributed by atoms with Crippen molar-refractivity contribution in [3.8, 4) is 0 Å². The summed E-state index contributed by atoms with van der Waals surface area (Å²) in [6.45, 7) is 1.18. The zero-order chi connectivity index (χ0) is 21.8. The molecule has 0 unspecified atom stereocenters. The molecule has 3 aromatic carbocycles. The molecule has 0 bridgehead atoms. The van der Waals surface area contributed by atoms with E-state index in [9.17, 15) is 14.4 Å². The molecule has 3 aromatic rings. The molecule has 156 valence electrons. The predicted molar refractivity (Wildman–Crippen MR) is 116 cm³/mol. The lowest BCUT2D eigenvalue weighted by Crippen LogP contribution is -2.31. The Hall–Kier alpha value is -4.13. The molecule has 1 heterocycles. The first kappa shape index (κ1) is 20.2. The topological polar surface area (TPSA) is 93.7 Å². The molecule has 1 amide bonds. The maximum atomic E-state index is 12.6. The lowest BCUT2D eigenvalue weighted by atomic mass is 10.1. The van der Waals surface area contributed by atoms with Crippen molar-refractivity contribution in [3.05, 3.63) is 84.3 Å². The van der Waals surface area contributed by atoms with Gasteiger partial charge in [-0.15, -0.1) is 0 Å². The fraction of sp³-hybridized carbons (Fsp3) is 0.125. The van der Waals surface area contributed by atoms with E-state index in [1.165, 1.54) is 6.92 Å². The minimum Gasteiger partial charge on any atom is -0.470 e. The van der Waals surface area contributed by atoms with Crippen molar-refractivity contribution in [2.75, 3.05) is 17.2 Å². The highest BCUT2D eigenvalue weighted by molar-refractivity contribution is 6.20. The summed E-state index contributed by atoms with van der Waals surface area (Å²) in [5.41, 5.74) is 1.02. The van der Waals surface area contributed by atoms with E-state index in [1.807, 2.05) is 42.5 Å². The summed E-state index contributed by atoms with van der Waals surface area (Å²) in [6, 6.07) is 22.1. The molecule has 0 saturated heterocycles. The van der Waals surface area contributed by atoms with Crippen LogP contribution in [-0.2, 0) is 23.9 Å². The Morgan fingerprint density at radius 3 is 2.48 bits per heavy atom. The van der Waals surface area contributed by atoms with Gasteiger partial charge in [-0.2, -0.15) is 0 Å². The molecule has 7 nitrogen and oxygen atoms in total. The number of ether oxygens (including phenoxy) is 2. The van der Waals surface area contributed by atoms with Gasteiger partial charge in [0.05, 0.1) is 0 Å². The van der Waals surface area contributed by atoms with Crippen LogP contribution in [0.25, 0.3) is 10.8 Å². The maximum absolute atomic E-state index is 12.6. The van der Waals surface area contributed by atoms with Crippen LogP contribution in [0.3, 0.4) is 0 Å². The number of ketones is 1. The smallest absolute Gasteiger partial charge is 0.348 e. The predicted octanol–water partition coefficient (Wildman–Crippen LogP) is 3.63. The second-order valence-corrected chi connectivity index (χ2v) is 6.97. The lowest BCUT2D eigenvalue weighted by molar-refractivity contribution is -0.150. The number of Topliss-reactive ketones (excluding diaryl/α,β-unsaturated/α-hetero) is 1. The molecular weight excluding hydrogens is 396 g/mol. The van der Waals surface area contributed by atoms with Crippen molar-refractivity contribution < 1.29 is 23.9 Å². The third-order valence-electron chi connectivity index (χ3n) is 4.79. The molecule has 0 fully saturated rings. The zero-order valence-electron chi connectivity index (χ0n) is 16.8. The molecule has 1 atom stereocenters. The highest BCUT2D eigenvalue weighted by Crippen LogP contribution is 2.24. The number of rotatable bonds is 6. The van der Waals surface area contributed by atoms with Crippen molar-refractivity contribution in [1.82, 2.24) is 0 Å². The monoisotopic (exact) mass is 416 g/mol. The Bertz CT molecular complexity index is 1180. The molecule has 4 rings (SSSR count). The van der Waals surface area contributed by atoms with Crippen molar-refractivity contribution in [2.24, 2.45) is 0 Å². The molecule has 2 N–H and O–H groups in total. The minimum absolute atomic E-state index is 0.0165. The van der Waals surface area contributed by atoms with E-state index in [4.69, 9.17) is 9.47 Å². The number of para-hydroxylation sites is 1. The number of fused-ring (bicyclic) bond motifs is 1. The Morgan fingerprint density at radius 2 is 1.68 bits per heavy atom. The maximum Gasteiger partial charge on any atom is 0.348 e. The average molecular weight is 416 g/mol.